The van der Waals surface area contributed by atoms with Gasteiger partial charge in [-0.1, -0.05) is 91.0 Å². The minimum absolute atomic E-state index is 0.0819. The highest BCUT2D eigenvalue weighted by Crippen LogP contribution is 2.47. The predicted octanol–water partition coefficient (Wildman–Crippen LogP) is 8.28. The zero-order valence-electron chi connectivity index (χ0n) is 20.9. The number of aromatic nitrogens is 2. The van der Waals surface area contributed by atoms with E-state index < -0.39 is 0 Å². The Morgan fingerprint density at radius 2 is 1.03 bits per heavy atom. The molecule has 0 saturated carbocycles. The maximum atomic E-state index is 5.53. The molecule has 5 aromatic carbocycles. The lowest BCUT2D eigenvalue weighted by molar-refractivity contribution is 0.581. The molecule has 2 aliphatic heterocycles. The first-order chi connectivity index (χ1) is 19.4. The number of rotatable bonds is 1. The lowest BCUT2D eigenvalue weighted by atomic mass is 10.0. The summed E-state index contributed by atoms with van der Waals surface area (Å²) in [7, 11) is 0. The third kappa shape index (κ3) is 2.91. The molecule has 2 unspecified atom stereocenters. The van der Waals surface area contributed by atoms with Gasteiger partial charge in [0.2, 0.25) is 5.96 Å². The van der Waals surface area contributed by atoms with Crippen LogP contribution >= 0.6 is 11.8 Å². The molecular weight excluding hydrogens is 496 g/mol. The molecule has 5 heteroatoms. The number of fused-ring (bicyclic) bond motifs is 9. The topological polar surface area (TPSA) is 34.6 Å². The molecule has 184 valence electrons. The minimum atomic E-state index is -0.158. The molecule has 0 radical (unpaired) electrons. The number of thioether (sulfide) groups is 1. The Morgan fingerprint density at radius 1 is 0.538 bits per heavy atom. The van der Waals surface area contributed by atoms with E-state index in [0.717, 1.165) is 22.7 Å². The quantitative estimate of drug-likeness (QED) is 0.215. The lowest BCUT2D eigenvalue weighted by Gasteiger charge is -2.28. The van der Waals surface area contributed by atoms with E-state index in [-0.39, 0.29) is 11.4 Å². The highest BCUT2D eigenvalue weighted by Gasteiger charge is 2.41. The first-order valence-corrected chi connectivity index (χ1v) is 14.1. The van der Waals surface area contributed by atoms with E-state index in [1.54, 1.807) is 0 Å². The van der Waals surface area contributed by atoms with Crippen molar-refractivity contribution in [2.75, 3.05) is 0 Å². The number of benzene rings is 5. The highest BCUT2D eigenvalue weighted by atomic mass is 32.2. The van der Waals surface area contributed by atoms with Gasteiger partial charge >= 0.3 is 0 Å². The number of nitrogens with zero attached hydrogens (tertiary/aromatic N) is 4. The van der Waals surface area contributed by atoms with Gasteiger partial charge in [-0.05, 0) is 30.3 Å². The molecule has 0 spiro atoms. The molecule has 4 nitrogen and oxygen atoms in total. The molecular formula is C34H22N4S. The van der Waals surface area contributed by atoms with Gasteiger partial charge < -0.3 is 4.57 Å². The van der Waals surface area contributed by atoms with Crippen molar-refractivity contribution in [3.63, 3.8) is 0 Å². The van der Waals surface area contributed by atoms with Crippen molar-refractivity contribution in [3.05, 3.63) is 127 Å². The summed E-state index contributed by atoms with van der Waals surface area (Å²) >= 11 is 1.88. The summed E-state index contributed by atoms with van der Waals surface area (Å²) in [6.07, 6.45) is -0.158. The van der Waals surface area contributed by atoms with Crippen LogP contribution < -0.4 is 0 Å². The predicted molar refractivity (Wildman–Crippen MR) is 163 cm³/mol. The summed E-state index contributed by atoms with van der Waals surface area (Å²) < 4.78 is 4.69. The van der Waals surface area contributed by atoms with Crippen molar-refractivity contribution >= 4 is 67.0 Å². The Bertz CT molecular complexity index is 2070. The van der Waals surface area contributed by atoms with Gasteiger partial charge in [0.05, 0.1) is 33.0 Å². The van der Waals surface area contributed by atoms with E-state index in [9.17, 15) is 0 Å². The SMILES string of the molecule is c1ccc2c(c1)SC1C2=NC(n2c3ccccc3c3ccccc32)=NC1n1c2ccccc2c2ccccc21. The molecule has 4 heterocycles. The second kappa shape index (κ2) is 7.95. The molecule has 2 atom stereocenters. The van der Waals surface area contributed by atoms with Gasteiger partial charge in [0.1, 0.15) is 6.17 Å². The summed E-state index contributed by atoms with van der Waals surface area (Å²) in [4.78, 5) is 12.1. The van der Waals surface area contributed by atoms with Crippen LogP contribution in [0.15, 0.2) is 136 Å². The molecule has 9 rings (SSSR count). The van der Waals surface area contributed by atoms with Crippen molar-refractivity contribution in [1.29, 1.82) is 0 Å². The average Bonchev–Trinajstić information content (AvgIpc) is 3.65. The molecule has 39 heavy (non-hydrogen) atoms. The summed E-state index contributed by atoms with van der Waals surface area (Å²) in [6, 6.07) is 43.2. The largest absolute Gasteiger partial charge is 0.316 e. The van der Waals surface area contributed by atoms with Crippen LogP contribution in [0, 0.1) is 0 Å². The fraction of sp³-hybridized carbons (Fsp3) is 0.0588. The molecule has 2 aromatic heterocycles. The standard InChI is InChI=1S/C34H22N4S/c1-6-16-26-21(11-1)22-12-2-7-17-27(22)37(26)33-32-31(25-15-5-10-20-30(25)39-32)35-34(36-33)38-28-18-8-3-13-23(28)24-14-4-9-19-29(24)38/h1-20,32-33H. The van der Waals surface area contributed by atoms with Gasteiger partial charge in [-0.15, -0.1) is 11.8 Å². The van der Waals surface area contributed by atoms with Crippen molar-refractivity contribution in [2.24, 2.45) is 9.98 Å². The number of aliphatic imine (C=N–C) groups is 2. The van der Waals surface area contributed by atoms with E-state index in [4.69, 9.17) is 9.98 Å². The van der Waals surface area contributed by atoms with Gasteiger partial charge in [-0.25, -0.2) is 9.98 Å². The summed E-state index contributed by atoms with van der Waals surface area (Å²) in [6.45, 7) is 0. The first-order valence-electron chi connectivity index (χ1n) is 13.3. The van der Waals surface area contributed by atoms with Crippen LogP contribution in [0.1, 0.15) is 11.7 Å². The molecule has 0 amide bonds. The van der Waals surface area contributed by atoms with E-state index in [1.807, 2.05) is 11.8 Å². The smallest absolute Gasteiger partial charge is 0.232 e. The Kier molecular flexibility index (Phi) is 4.35. The van der Waals surface area contributed by atoms with Crippen LogP contribution in [-0.2, 0) is 0 Å². The average molecular weight is 519 g/mol. The van der Waals surface area contributed by atoms with Crippen LogP contribution in [0.3, 0.4) is 0 Å². The second-order valence-electron chi connectivity index (χ2n) is 10.1. The lowest BCUT2D eigenvalue weighted by Crippen LogP contribution is -2.32. The van der Waals surface area contributed by atoms with Gasteiger partial charge in [0, 0.05) is 32.0 Å². The molecule has 0 N–H and O–H groups in total. The van der Waals surface area contributed by atoms with Crippen molar-refractivity contribution in [1.82, 2.24) is 9.13 Å². The second-order valence-corrected chi connectivity index (χ2v) is 11.3. The van der Waals surface area contributed by atoms with E-state index in [0.29, 0.717) is 0 Å². The van der Waals surface area contributed by atoms with Gasteiger partial charge in [0.15, 0.2) is 0 Å². The Labute approximate surface area is 228 Å². The van der Waals surface area contributed by atoms with Crippen LogP contribution in [0.2, 0.25) is 0 Å². The van der Waals surface area contributed by atoms with Crippen LogP contribution in [0.5, 0.6) is 0 Å². The minimum Gasteiger partial charge on any atom is -0.316 e. The van der Waals surface area contributed by atoms with E-state index >= 15 is 0 Å². The molecule has 2 aliphatic rings. The fourth-order valence-electron chi connectivity index (χ4n) is 6.45. The molecule has 0 aliphatic carbocycles. The summed E-state index contributed by atoms with van der Waals surface area (Å²) in [5.74, 6) is 0.739. The number of para-hydroxylation sites is 4. The molecule has 0 bridgehead atoms. The van der Waals surface area contributed by atoms with Crippen molar-refractivity contribution in [2.45, 2.75) is 16.3 Å². The Morgan fingerprint density at radius 3 is 1.64 bits per heavy atom. The Hall–Kier alpha value is -4.61. The first kappa shape index (κ1) is 21.3. The fourth-order valence-corrected chi connectivity index (χ4v) is 7.78. The van der Waals surface area contributed by atoms with Crippen molar-refractivity contribution < 1.29 is 0 Å². The monoisotopic (exact) mass is 518 g/mol. The third-order valence-electron chi connectivity index (χ3n) is 8.09. The zero-order chi connectivity index (χ0) is 25.5. The van der Waals surface area contributed by atoms with E-state index in [1.165, 1.54) is 43.0 Å². The van der Waals surface area contributed by atoms with Gasteiger partial charge in [0.25, 0.3) is 0 Å². The van der Waals surface area contributed by atoms with Crippen LogP contribution in [0.25, 0.3) is 43.6 Å². The zero-order valence-corrected chi connectivity index (χ0v) is 21.7. The van der Waals surface area contributed by atoms with Gasteiger partial charge in [-0.3, -0.25) is 4.57 Å². The highest BCUT2D eigenvalue weighted by molar-refractivity contribution is 8.01. The van der Waals surface area contributed by atoms with Gasteiger partial charge in [-0.2, -0.15) is 0 Å². The summed E-state index contributed by atoms with van der Waals surface area (Å²) in [5, 5.41) is 5.02. The van der Waals surface area contributed by atoms with Crippen molar-refractivity contribution in [3.8, 4) is 0 Å². The van der Waals surface area contributed by atoms with Crippen LogP contribution in [0.4, 0.5) is 0 Å². The van der Waals surface area contributed by atoms with E-state index in [2.05, 4.69) is 130 Å². The third-order valence-corrected chi connectivity index (χ3v) is 9.42. The number of hydrogen-bond acceptors (Lipinski definition) is 3. The summed E-state index contributed by atoms with van der Waals surface area (Å²) in [5.41, 5.74) is 6.97. The maximum Gasteiger partial charge on any atom is 0.232 e. The normalized spacial score (nSPS) is 18.5. The Balaban J connectivity index is 1.39. The molecule has 7 aromatic rings. The molecule has 0 fully saturated rings. The number of hydrogen-bond donors (Lipinski definition) is 0. The molecule has 0 saturated heterocycles. The van der Waals surface area contributed by atoms with Crippen LogP contribution in [-0.4, -0.2) is 26.1 Å². The maximum absolute atomic E-state index is 5.53.